The molecule has 0 unspecified atom stereocenters. The van der Waals surface area contributed by atoms with E-state index in [0.717, 1.165) is 22.8 Å². The highest BCUT2D eigenvalue weighted by molar-refractivity contribution is 5.44. The SMILES string of the molecule is COc1ccccc1CNc1nc(C)cc(NC2CCCC2)n1. The first-order valence-corrected chi connectivity index (χ1v) is 8.22. The molecular formula is C18H24N4O. The van der Waals surface area contributed by atoms with E-state index in [0.29, 0.717) is 18.5 Å². The van der Waals surface area contributed by atoms with Gasteiger partial charge in [-0.3, -0.25) is 0 Å². The van der Waals surface area contributed by atoms with Crippen LogP contribution in [0.5, 0.6) is 5.75 Å². The molecule has 0 amide bonds. The Hall–Kier alpha value is -2.30. The molecule has 0 bridgehead atoms. The lowest BCUT2D eigenvalue weighted by atomic mass is 10.2. The summed E-state index contributed by atoms with van der Waals surface area (Å²) in [6.45, 7) is 2.63. The van der Waals surface area contributed by atoms with Crippen molar-refractivity contribution in [3.63, 3.8) is 0 Å². The van der Waals surface area contributed by atoms with Gasteiger partial charge in [0.25, 0.3) is 0 Å². The van der Waals surface area contributed by atoms with Gasteiger partial charge in [-0.2, -0.15) is 4.98 Å². The summed E-state index contributed by atoms with van der Waals surface area (Å²) in [5, 5.41) is 6.83. The van der Waals surface area contributed by atoms with Crippen molar-refractivity contribution in [2.45, 2.75) is 45.2 Å². The number of nitrogens with one attached hydrogen (secondary N) is 2. The number of hydrogen-bond acceptors (Lipinski definition) is 5. The second-order valence-electron chi connectivity index (χ2n) is 6.01. The number of benzene rings is 1. The molecule has 23 heavy (non-hydrogen) atoms. The zero-order chi connectivity index (χ0) is 16.1. The van der Waals surface area contributed by atoms with Crippen molar-refractivity contribution in [1.29, 1.82) is 0 Å². The van der Waals surface area contributed by atoms with E-state index >= 15 is 0 Å². The number of anilines is 2. The fraction of sp³-hybridized carbons (Fsp3) is 0.444. The van der Waals surface area contributed by atoms with E-state index in [1.54, 1.807) is 7.11 Å². The Morgan fingerprint density at radius 3 is 2.74 bits per heavy atom. The molecule has 0 radical (unpaired) electrons. The number of hydrogen-bond donors (Lipinski definition) is 2. The van der Waals surface area contributed by atoms with Gasteiger partial charge in [-0.15, -0.1) is 0 Å². The third-order valence-corrected chi connectivity index (χ3v) is 4.19. The van der Waals surface area contributed by atoms with Gasteiger partial charge in [-0.05, 0) is 25.8 Å². The van der Waals surface area contributed by atoms with Crippen molar-refractivity contribution in [2.24, 2.45) is 0 Å². The molecule has 1 saturated carbocycles. The zero-order valence-electron chi connectivity index (χ0n) is 13.8. The predicted molar refractivity (Wildman–Crippen MR) is 93.0 cm³/mol. The van der Waals surface area contributed by atoms with E-state index in [-0.39, 0.29) is 0 Å². The van der Waals surface area contributed by atoms with E-state index in [1.807, 2.05) is 37.3 Å². The number of ether oxygens (including phenoxy) is 1. The molecule has 1 aliphatic carbocycles. The number of nitrogens with zero attached hydrogens (tertiary/aromatic N) is 2. The lowest BCUT2D eigenvalue weighted by molar-refractivity contribution is 0.410. The molecule has 1 aromatic carbocycles. The van der Waals surface area contributed by atoms with Crippen molar-refractivity contribution in [1.82, 2.24) is 9.97 Å². The lowest BCUT2D eigenvalue weighted by Gasteiger charge is -2.15. The van der Waals surface area contributed by atoms with Gasteiger partial charge < -0.3 is 15.4 Å². The highest BCUT2D eigenvalue weighted by atomic mass is 16.5. The molecule has 2 N–H and O–H groups in total. The van der Waals surface area contributed by atoms with E-state index in [9.17, 15) is 0 Å². The highest BCUT2D eigenvalue weighted by Gasteiger charge is 2.15. The minimum absolute atomic E-state index is 0.548. The Kier molecular flexibility index (Phi) is 4.95. The van der Waals surface area contributed by atoms with Gasteiger partial charge >= 0.3 is 0 Å². The molecule has 0 spiro atoms. The molecular weight excluding hydrogens is 288 g/mol. The van der Waals surface area contributed by atoms with Crippen LogP contribution in [0.3, 0.4) is 0 Å². The van der Waals surface area contributed by atoms with E-state index < -0.39 is 0 Å². The number of rotatable bonds is 6. The molecule has 3 rings (SSSR count). The van der Waals surface area contributed by atoms with Crippen LogP contribution in [0.2, 0.25) is 0 Å². The summed E-state index contributed by atoms with van der Waals surface area (Å²) in [5.41, 5.74) is 2.05. The van der Waals surface area contributed by atoms with Crippen molar-refractivity contribution >= 4 is 11.8 Å². The molecule has 1 heterocycles. The van der Waals surface area contributed by atoms with Crippen molar-refractivity contribution in [3.05, 3.63) is 41.6 Å². The summed E-state index contributed by atoms with van der Waals surface area (Å²) in [6.07, 6.45) is 5.07. The Morgan fingerprint density at radius 1 is 1.17 bits per heavy atom. The predicted octanol–water partition coefficient (Wildman–Crippen LogP) is 3.76. The van der Waals surface area contributed by atoms with E-state index in [2.05, 4.69) is 20.6 Å². The first kappa shape index (κ1) is 15.6. The number of aryl methyl sites for hydroxylation is 1. The molecule has 5 nitrogen and oxygen atoms in total. The smallest absolute Gasteiger partial charge is 0.225 e. The highest BCUT2D eigenvalue weighted by Crippen LogP contribution is 2.23. The van der Waals surface area contributed by atoms with Crippen molar-refractivity contribution in [3.8, 4) is 5.75 Å². The first-order chi connectivity index (χ1) is 11.2. The Balaban J connectivity index is 1.68. The van der Waals surface area contributed by atoms with E-state index in [1.165, 1.54) is 25.7 Å². The van der Waals surface area contributed by atoms with Crippen molar-refractivity contribution in [2.75, 3.05) is 17.7 Å². The molecule has 5 heteroatoms. The Bertz CT molecular complexity index is 653. The average Bonchev–Trinajstić information content (AvgIpc) is 3.05. The van der Waals surface area contributed by atoms with Crippen LogP contribution in [0.4, 0.5) is 11.8 Å². The van der Waals surface area contributed by atoms with Crippen LogP contribution in [0.25, 0.3) is 0 Å². The Labute approximate surface area is 137 Å². The van der Waals surface area contributed by atoms with Gasteiger partial charge in [0.15, 0.2) is 0 Å². The maximum Gasteiger partial charge on any atom is 0.225 e. The van der Waals surface area contributed by atoms with Gasteiger partial charge in [0.05, 0.1) is 7.11 Å². The molecule has 0 atom stereocenters. The summed E-state index contributed by atoms with van der Waals surface area (Å²) in [7, 11) is 1.69. The summed E-state index contributed by atoms with van der Waals surface area (Å²) < 4.78 is 5.38. The van der Waals surface area contributed by atoms with Gasteiger partial charge in [-0.25, -0.2) is 4.98 Å². The topological polar surface area (TPSA) is 59.1 Å². The number of aromatic nitrogens is 2. The molecule has 1 fully saturated rings. The van der Waals surface area contributed by atoms with Gasteiger partial charge in [0.1, 0.15) is 11.6 Å². The fourth-order valence-electron chi connectivity index (χ4n) is 3.02. The molecule has 2 aromatic rings. The molecule has 1 aliphatic rings. The van der Waals surface area contributed by atoms with Crippen LogP contribution in [0, 0.1) is 6.92 Å². The van der Waals surface area contributed by atoms with Gasteiger partial charge in [0.2, 0.25) is 5.95 Å². The fourth-order valence-corrected chi connectivity index (χ4v) is 3.02. The molecule has 122 valence electrons. The largest absolute Gasteiger partial charge is 0.496 e. The van der Waals surface area contributed by atoms with Gasteiger partial charge in [-0.1, -0.05) is 31.0 Å². The van der Waals surface area contributed by atoms with Crippen LogP contribution < -0.4 is 15.4 Å². The molecule has 0 saturated heterocycles. The minimum atomic E-state index is 0.548. The van der Waals surface area contributed by atoms with Crippen LogP contribution in [-0.2, 0) is 6.54 Å². The minimum Gasteiger partial charge on any atom is -0.496 e. The quantitative estimate of drug-likeness (QED) is 0.850. The third kappa shape index (κ3) is 4.12. The maximum atomic E-state index is 5.38. The monoisotopic (exact) mass is 312 g/mol. The van der Waals surface area contributed by atoms with Crippen LogP contribution in [0.15, 0.2) is 30.3 Å². The first-order valence-electron chi connectivity index (χ1n) is 8.22. The molecule has 1 aromatic heterocycles. The zero-order valence-corrected chi connectivity index (χ0v) is 13.8. The Morgan fingerprint density at radius 2 is 1.96 bits per heavy atom. The van der Waals surface area contributed by atoms with Gasteiger partial charge in [0, 0.05) is 29.9 Å². The summed E-state index contributed by atoms with van der Waals surface area (Å²) in [4.78, 5) is 9.07. The van der Waals surface area contributed by atoms with Crippen LogP contribution in [-0.4, -0.2) is 23.1 Å². The van der Waals surface area contributed by atoms with E-state index in [4.69, 9.17) is 4.74 Å². The normalized spacial score (nSPS) is 14.7. The van der Waals surface area contributed by atoms with Crippen LogP contribution in [0.1, 0.15) is 36.9 Å². The number of methoxy groups -OCH3 is 1. The standard InChI is InChI=1S/C18H24N4O/c1-13-11-17(21-15-8-4-5-9-15)22-18(20-13)19-12-14-7-3-6-10-16(14)23-2/h3,6-7,10-11,15H,4-5,8-9,12H2,1-2H3,(H2,19,20,21,22). The van der Waals surface area contributed by atoms with Crippen molar-refractivity contribution < 1.29 is 4.74 Å². The molecule has 0 aliphatic heterocycles. The third-order valence-electron chi connectivity index (χ3n) is 4.19. The second kappa shape index (κ2) is 7.31. The number of para-hydroxylation sites is 1. The summed E-state index contributed by atoms with van der Waals surface area (Å²) >= 11 is 0. The second-order valence-corrected chi connectivity index (χ2v) is 6.01. The summed E-state index contributed by atoms with van der Waals surface area (Å²) in [5.74, 6) is 2.43. The van der Waals surface area contributed by atoms with Crippen LogP contribution >= 0.6 is 0 Å². The maximum absolute atomic E-state index is 5.38. The lowest BCUT2D eigenvalue weighted by Crippen LogP contribution is -2.16. The average molecular weight is 312 g/mol. The summed E-state index contributed by atoms with van der Waals surface area (Å²) in [6, 6.07) is 10.5.